The summed E-state index contributed by atoms with van der Waals surface area (Å²) in [7, 11) is 1.58. The van der Waals surface area contributed by atoms with Crippen LogP contribution in [0.4, 0.5) is 11.4 Å². The van der Waals surface area contributed by atoms with Crippen molar-refractivity contribution in [3.63, 3.8) is 0 Å². The molecule has 0 aromatic heterocycles. The molecule has 0 heterocycles. The molecular weight excluding hydrogens is 322 g/mol. The fourth-order valence-electron chi connectivity index (χ4n) is 1.92. The van der Waals surface area contributed by atoms with Gasteiger partial charge in [-0.2, -0.15) is 5.26 Å². The van der Waals surface area contributed by atoms with Crippen molar-refractivity contribution in [1.82, 2.24) is 0 Å². The third-order valence-electron chi connectivity index (χ3n) is 3.24. The molecule has 0 aliphatic carbocycles. The average Bonchev–Trinajstić information content (AvgIpc) is 2.58. The molecule has 2 rings (SSSR count). The highest BCUT2D eigenvalue weighted by molar-refractivity contribution is 7.84. The molecule has 0 saturated carbocycles. The second kappa shape index (κ2) is 8.09. The van der Waals surface area contributed by atoms with Crippen LogP contribution in [0.15, 0.2) is 59.1 Å². The normalized spacial score (nSPS) is 11.1. The van der Waals surface area contributed by atoms with Gasteiger partial charge in [0.2, 0.25) is 0 Å². The number of hydrogen-bond donors (Lipinski definition) is 3. The van der Waals surface area contributed by atoms with E-state index >= 15 is 0 Å². The molecule has 0 unspecified atom stereocenters. The number of nitriles is 1. The van der Waals surface area contributed by atoms with Gasteiger partial charge in [-0.25, -0.2) is 0 Å². The maximum Gasteiger partial charge on any atom is 0.269 e. The van der Waals surface area contributed by atoms with Crippen LogP contribution < -0.4 is 15.4 Å². The summed E-state index contributed by atoms with van der Waals surface area (Å²) >= 11 is 4.24. The third kappa shape index (κ3) is 4.54. The Balaban J connectivity index is 2.14. The maximum atomic E-state index is 12.3. The van der Waals surface area contributed by atoms with Gasteiger partial charge in [-0.1, -0.05) is 17.7 Å². The van der Waals surface area contributed by atoms with E-state index < -0.39 is 5.91 Å². The van der Waals surface area contributed by atoms with Crippen molar-refractivity contribution < 1.29 is 9.53 Å². The molecule has 0 aliphatic heterocycles. The molecule has 5 nitrogen and oxygen atoms in total. The van der Waals surface area contributed by atoms with E-state index in [1.54, 1.807) is 43.5 Å². The van der Waals surface area contributed by atoms with Crippen LogP contribution in [0.3, 0.4) is 0 Å². The summed E-state index contributed by atoms with van der Waals surface area (Å²) in [5.74, 6) is 0.190. The molecule has 0 aliphatic rings. The minimum atomic E-state index is -0.521. The molecule has 0 bridgehead atoms. The zero-order valence-electron chi connectivity index (χ0n) is 13.3. The van der Waals surface area contributed by atoms with E-state index in [1.807, 2.05) is 25.1 Å². The molecule has 122 valence electrons. The number of methoxy groups -OCH3 is 1. The summed E-state index contributed by atoms with van der Waals surface area (Å²) in [6, 6.07) is 16.2. The minimum Gasteiger partial charge on any atom is -0.497 e. The van der Waals surface area contributed by atoms with Gasteiger partial charge in [-0.05, 0) is 43.3 Å². The van der Waals surface area contributed by atoms with Gasteiger partial charge in [0.1, 0.15) is 17.4 Å². The van der Waals surface area contributed by atoms with Crippen molar-refractivity contribution >= 4 is 29.9 Å². The maximum absolute atomic E-state index is 12.3. The minimum absolute atomic E-state index is 0.102. The van der Waals surface area contributed by atoms with Gasteiger partial charge in [0.25, 0.3) is 5.91 Å². The summed E-state index contributed by atoms with van der Waals surface area (Å²) in [4.78, 5) is 12.3. The van der Waals surface area contributed by atoms with Gasteiger partial charge in [0, 0.05) is 11.4 Å². The van der Waals surface area contributed by atoms with Gasteiger partial charge in [-0.3, -0.25) is 4.79 Å². The molecule has 1 amide bonds. The second-order valence-corrected chi connectivity index (χ2v) is 5.46. The molecule has 2 N–H and O–H groups in total. The highest BCUT2D eigenvalue weighted by Gasteiger charge is 2.14. The Hall–Kier alpha value is -2.91. The van der Waals surface area contributed by atoms with Crippen LogP contribution in [0.1, 0.15) is 5.56 Å². The zero-order chi connectivity index (χ0) is 17.5. The van der Waals surface area contributed by atoms with E-state index in [0.29, 0.717) is 17.1 Å². The first-order valence-corrected chi connectivity index (χ1v) is 7.60. The second-order valence-electron chi connectivity index (χ2n) is 5.01. The molecule has 0 saturated heterocycles. The molecule has 24 heavy (non-hydrogen) atoms. The Bertz CT molecular complexity index is 791. The van der Waals surface area contributed by atoms with Crippen molar-refractivity contribution in [3.8, 4) is 11.8 Å². The highest BCUT2D eigenvalue weighted by atomic mass is 32.1. The van der Waals surface area contributed by atoms with Crippen LogP contribution in [0, 0.1) is 18.3 Å². The number of aryl methyl sites for hydroxylation is 1. The first-order chi connectivity index (χ1) is 11.5. The third-order valence-corrected chi connectivity index (χ3v) is 3.57. The molecule has 0 radical (unpaired) electrons. The largest absolute Gasteiger partial charge is 0.497 e. The van der Waals surface area contributed by atoms with E-state index in [0.717, 1.165) is 5.56 Å². The monoisotopic (exact) mass is 339 g/mol. The quantitative estimate of drug-likeness (QED) is 0.441. The van der Waals surface area contributed by atoms with Gasteiger partial charge < -0.3 is 15.4 Å². The van der Waals surface area contributed by atoms with Crippen LogP contribution in [-0.2, 0) is 4.79 Å². The Labute approximate surface area is 146 Å². The van der Waals surface area contributed by atoms with E-state index in [1.165, 1.54) is 0 Å². The number of nitrogens with one attached hydrogen (secondary N) is 2. The van der Waals surface area contributed by atoms with E-state index in [9.17, 15) is 10.1 Å². The fourth-order valence-corrected chi connectivity index (χ4v) is 2.20. The van der Waals surface area contributed by atoms with Crippen LogP contribution in [0.2, 0.25) is 0 Å². The number of benzene rings is 2. The lowest BCUT2D eigenvalue weighted by atomic mass is 10.2. The number of anilines is 2. The molecule has 0 atom stereocenters. The number of carbonyl (C=O) groups is 1. The van der Waals surface area contributed by atoms with E-state index in [2.05, 4.69) is 23.3 Å². The summed E-state index contributed by atoms with van der Waals surface area (Å²) < 4.78 is 5.08. The Morgan fingerprint density at radius 3 is 2.12 bits per heavy atom. The number of carbonyl (C=O) groups excluding carboxylic acids is 1. The summed E-state index contributed by atoms with van der Waals surface area (Å²) in [5.41, 5.74) is 2.29. The number of rotatable bonds is 5. The number of hydrogen-bond acceptors (Lipinski definition) is 5. The van der Waals surface area contributed by atoms with E-state index in [-0.39, 0.29) is 10.6 Å². The zero-order valence-corrected chi connectivity index (χ0v) is 14.2. The van der Waals surface area contributed by atoms with Crippen molar-refractivity contribution in [3.05, 3.63) is 64.7 Å². The van der Waals surface area contributed by atoms with Crippen LogP contribution >= 0.6 is 12.6 Å². The van der Waals surface area contributed by atoms with Gasteiger partial charge in [-0.15, -0.1) is 12.6 Å². The lowest BCUT2D eigenvalue weighted by Crippen LogP contribution is -2.16. The van der Waals surface area contributed by atoms with Crippen molar-refractivity contribution in [1.29, 1.82) is 5.26 Å². The number of ether oxygens (including phenoxy) is 1. The smallest absolute Gasteiger partial charge is 0.269 e. The standard InChI is InChI=1S/C18H17N3O2S/c1-12-3-5-13(6-4-12)20-17(22)16(11-19)18(24)21-14-7-9-15(23-2)10-8-14/h3-10,21,24H,1-2H3,(H,20,22)/b18-16+. The first-order valence-electron chi connectivity index (χ1n) is 7.16. The molecule has 2 aromatic carbocycles. The molecular formula is C18H17N3O2S. The SMILES string of the molecule is COc1ccc(N/C(S)=C(/C#N)C(=O)Nc2ccc(C)cc2)cc1. The van der Waals surface area contributed by atoms with Crippen molar-refractivity contribution in [2.45, 2.75) is 6.92 Å². The van der Waals surface area contributed by atoms with Gasteiger partial charge in [0.15, 0.2) is 0 Å². The lowest BCUT2D eigenvalue weighted by molar-refractivity contribution is -0.112. The van der Waals surface area contributed by atoms with Crippen molar-refractivity contribution in [2.24, 2.45) is 0 Å². The number of amides is 1. The van der Waals surface area contributed by atoms with Crippen LogP contribution in [0.25, 0.3) is 0 Å². The van der Waals surface area contributed by atoms with Crippen LogP contribution in [0.5, 0.6) is 5.75 Å². The first kappa shape index (κ1) is 17.4. The topological polar surface area (TPSA) is 74.1 Å². The Kier molecular flexibility index (Phi) is 5.88. The average molecular weight is 339 g/mol. The van der Waals surface area contributed by atoms with Gasteiger partial charge >= 0.3 is 0 Å². The summed E-state index contributed by atoms with van der Waals surface area (Å²) in [5, 5.41) is 15.0. The Morgan fingerprint density at radius 2 is 1.58 bits per heavy atom. The lowest BCUT2D eigenvalue weighted by Gasteiger charge is -2.10. The molecule has 2 aromatic rings. The van der Waals surface area contributed by atoms with Crippen molar-refractivity contribution in [2.75, 3.05) is 17.7 Å². The highest BCUT2D eigenvalue weighted by Crippen LogP contribution is 2.20. The number of thiol groups is 1. The molecule has 6 heteroatoms. The number of nitrogens with zero attached hydrogens (tertiary/aromatic N) is 1. The fraction of sp³-hybridized carbons (Fsp3) is 0.111. The summed E-state index contributed by atoms with van der Waals surface area (Å²) in [6.45, 7) is 1.96. The predicted molar refractivity (Wildman–Crippen MR) is 98.1 cm³/mol. The summed E-state index contributed by atoms with van der Waals surface area (Å²) in [6.07, 6.45) is 0. The van der Waals surface area contributed by atoms with Gasteiger partial charge in [0.05, 0.1) is 12.1 Å². The molecule has 0 fully saturated rings. The molecule has 0 spiro atoms. The predicted octanol–water partition coefficient (Wildman–Crippen LogP) is 3.72. The van der Waals surface area contributed by atoms with E-state index in [4.69, 9.17) is 4.74 Å². The van der Waals surface area contributed by atoms with Crippen LogP contribution in [-0.4, -0.2) is 13.0 Å². The Morgan fingerprint density at radius 1 is 1.04 bits per heavy atom.